The molecule has 5 rings (SSSR count). The Kier molecular flexibility index (Phi) is 2.68. The molecule has 130 valence electrons. The number of hydrogen-bond acceptors (Lipinski definition) is 0. The summed E-state index contributed by atoms with van der Waals surface area (Å²) in [7, 11) is 0. The molecule has 0 aromatic heterocycles. The van der Waals surface area contributed by atoms with E-state index in [2.05, 4.69) is 0 Å². The summed E-state index contributed by atoms with van der Waals surface area (Å²) in [5.74, 6) is 0. The lowest BCUT2D eigenvalue weighted by Gasteiger charge is -2.28. The van der Waals surface area contributed by atoms with Crippen LogP contribution in [0.2, 0.25) is 0 Å². The first-order valence-electron chi connectivity index (χ1n) is 7.79. The van der Waals surface area contributed by atoms with Gasteiger partial charge in [0.2, 0.25) is 0 Å². The highest BCUT2D eigenvalue weighted by Gasteiger charge is 2.45. The largest absolute Gasteiger partial charge is 0.417 e. The van der Waals surface area contributed by atoms with Crippen molar-refractivity contribution in [2.75, 3.05) is 0 Å². The molecule has 0 fully saturated rings. The molecule has 5 aromatic carbocycles. The van der Waals surface area contributed by atoms with Gasteiger partial charge in [0, 0.05) is 21.5 Å². The quantitative estimate of drug-likeness (QED) is 0.255. The number of rotatable bonds is 0. The molecular weight excluding hydrogens is 354 g/mol. The van der Waals surface area contributed by atoms with Crippen LogP contribution in [0.4, 0.5) is 26.3 Å². The summed E-state index contributed by atoms with van der Waals surface area (Å²) in [5.41, 5.74) is -1.93. The van der Waals surface area contributed by atoms with Gasteiger partial charge in [-0.3, -0.25) is 0 Å². The molecule has 6 heteroatoms. The number of halogens is 6. The van der Waals surface area contributed by atoms with Gasteiger partial charge in [-0.05, 0) is 21.5 Å². The van der Waals surface area contributed by atoms with Crippen molar-refractivity contribution in [1.29, 1.82) is 0 Å². The van der Waals surface area contributed by atoms with Crippen LogP contribution in [0.3, 0.4) is 0 Å². The van der Waals surface area contributed by atoms with Crippen molar-refractivity contribution in [1.82, 2.24) is 0 Å². The van der Waals surface area contributed by atoms with Crippen LogP contribution in [-0.2, 0) is 12.4 Å². The maximum absolute atomic E-state index is 13.9. The molecule has 0 N–H and O–H groups in total. The van der Waals surface area contributed by atoms with Gasteiger partial charge in [-0.25, -0.2) is 0 Å². The Morgan fingerprint density at radius 2 is 0.654 bits per heavy atom. The molecule has 0 bridgehead atoms. The minimum Gasteiger partial charge on any atom is -0.166 e. The zero-order valence-corrected chi connectivity index (χ0v) is 12.9. The van der Waals surface area contributed by atoms with Crippen LogP contribution in [0.5, 0.6) is 0 Å². The maximum Gasteiger partial charge on any atom is 0.417 e. The van der Waals surface area contributed by atoms with Crippen LogP contribution in [0, 0.1) is 0 Å². The molecule has 0 unspecified atom stereocenters. The van der Waals surface area contributed by atoms with E-state index in [0.29, 0.717) is 0 Å². The standard InChI is InChI=1S/C20H8F6/c21-19(22,23)17-13-9-5-1-2-6-10(9)14(13)18(20(24,25)26)16-12-8-4-3-7-11(12)15(16)17/h1-8H. The Morgan fingerprint density at radius 3 is 0.846 bits per heavy atom. The second-order valence-electron chi connectivity index (χ2n) is 6.34. The van der Waals surface area contributed by atoms with Crippen molar-refractivity contribution in [3.8, 4) is 0 Å². The molecule has 0 radical (unpaired) electrons. The van der Waals surface area contributed by atoms with Gasteiger partial charge in [-0.15, -0.1) is 0 Å². The topological polar surface area (TPSA) is 0 Å². The van der Waals surface area contributed by atoms with Gasteiger partial charge in [0.25, 0.3) is 0 Å². The highest BCUT2D eigenvalue weighted by molar-refractivity contribution is 6.38. The fraction of sp³-hybridized carbons (Fsp3) is 0.100. The summed E-state index contributed by atoms with van der Waals surface area (Å²) in [5, 5.41) is -0.496. The maximum atomic E-state index is 13.9. The van der Waals surface area contributed by atoms with E-state index in [1.54, 1.807) is 0 Å². The second kappa shape index (κ2) is 4.50. The molecule has 0 aliphatic rings. The fourth-order valence-corrected chi connectivity index (χ4v) is 4.11. The summed E-state index contributed by atoms with van der Waals surface area (Å²) >= 11 is 0. The number of benzene rings is 3. The Morgan fingerprint density at radius 1 is 0.423 bits per heavy atom. The highest BCUT2D eigenvalue weighted by Crippen LogP contribution is 2.57. The van der Waals surface area contributed by atoms with E-state index in [4.69, 9.17) is 0 Å². The Balaban J connectivity index is 2.15. The molecule has 0 amide bonds. The van der Waals surface area contributed by atoms with Gasteiger partial charge in [-0.1, -0.05) is 48.5 Å². The first kappa shape index (κ1) is 15.5. The third kappa shape index (κ3) is 1.71. The molecule has 0 spiro atoms. The average molecular weight is 362 g/mol. The fourth-order valence-electron chi connectivity index (χ4n) is 4.11. The molecule has 0 saturated heterocycles. The van der Waals surface area contributed by atoms with Crippen LogP contribution in [0.1, 0.15) is 11.1 Å². The van der Waals surface area contributed by atoms with Gasteiger partial charge < -0.3 is 0 Å². The predicted octanol–water partition coefficient (Wildman–Crippen LogP) is 7.21. The Labute approximate surface area is 142 Å². The van der Waals surface area contributed by atoms with E-state index in [1.807, 2.05) is 0 Å². The summed E-state index contributed by atoms with van der Waals surface area (Å²) < 4.78 is 83.2. The van der Waals surface area contributed by atoms with E-state index >= 15 is 0 Å². The second-order valence-corrected chi connectivity index (χ2v) is 6.34. The molecule has 0 atom stereocenters. The van der Waals surface area contributed by atoms with Crippen molar-refractivity contribution in [2.24, 2.45) is 0 Å². The zero-order chi connectivity index (χ0) is 18.4. The molecule has 0 aliphatic carbocycles. The smallest absolute Gasteiger partial charge is 0.166 e. The van der Waals surface area contributed by atoms with Crippen LogP contribution in [0.25, 0.3) is 43.1 Å². The minimum absolute atomic E-state index is 0.215. The Bertz CT molecular complexity index is 1110. The van der Waals surface area contributed by atoms with Gasteiger partial charge in [-0.2, -0.15) is 26.3 Å². The average Bonchev–Trinajstić information content (AvgIpc) is 2.53. The van der Waals surface area contributed by atoms with Crippen molar-refractivity contribution < 1.29 is 26.3 Å². The summed E-state index contributed by atoms with van der Waals surface area (Å²) in [4.78, 5) is 0. The third-order valence-corrected chi connectivity index (χ3v) is 5.00. The first-order valence-corrected chi connectivity index (χ1v) is 7.79. The molecule has 0 nitrogen and oxygen atoms in total. The molecule has 5 aromatic rings. The van der Waals surface area contributed by atoms with Gasteiger partial charge in [0.05, 0.1) is 11.1 Å². The van der Waals surface area contributed by atoms with Crippen LogP contribution < -0.4 is 0 Å². The van der Waals surface area contributed by atoms with E-state index in [0.717, 1.165) is 0 Å². The van der Waals surface area contributed by atoms with E-state index in [-0.39, 0.29) is 43.1 Å². The van der Waals surface area contributed by atoms with E-state index in [9.17, 15) is 26.3 Å². The predicted molar refractivity (Wildman–Crippen MR) is 88.8 cm³/mol. The van der Waals surface area contributed by atoms with Gasteiger partial charge in [0.1, 0.15) is 0 Å². The van der Waals surface area contributed by atoms with Crippen molar-refractivity contribution in [3.05, 3.63) is 59.7 Å². The summed E-state index contributed by atoms with van der Waals surface area (Å²) in [6.07, 6.45) is -9.50. The van der Waals surface area contributed by atoms with E-state index < -0.39 is 23.5 Å². The van der Waals surface area contributed by atoms with Crippen LogP contribution in [0.15, 0.2) is 48.5 Å². The van der Waals surface area contributed by atoms with Gasteiger partial charge in [0.15, 0.2) is 0 Å². The van der Waals surface area contributed by atoms with Crippen molar-refractivity contribution >= 4 is 43.1 Å². The van der Waals surface area contributed by atoms with Gasteiger partial charge >= 0.3 is 12.4 Å². The number of fused-ring (bicyclic) bond motifs is 8. The molecule has 26 heavy (non-hydrogen) atoms. The molecule has 0 saturated carbocycles. The van der Waals surface area contributed by atoms with Crippen molar-refractivity contribution in [2.45, 2.75) is 12.4 Å². The summed E-state index contributed by atoms with van der Waals surface area (Å²) in [6, 6.07) is 11.9. The van der Waals surface area contributed by atoms with Crippen LogP contribution >= 0.6 is 0 Å². The number of hydrogen-bond donors (Lipinski definition) is 0. The Hall–Kier alpha value is -2.76. The lowest BCUT2D eigenvalue weighted by atomic mass is 9.78. The number of alkyl halides is 6. The molecule has 0 aliphatic heterocycles. The highest BCUT2D eigenvalue weighted by atomic mass is 19.4. The van der Waals surface area contributed by atoms with Crippen LogP contribution in [-0.4, -0.2) is 0 Å². The van der Waals surface area contributed by atoms with Crippen molar-refractivity contribution in [3.63, 3.8) is 0 Å². The molecule has 0 heterocycles. The third-order valence-electron chi connectivity index (χ3n) is 5.00. The SMILES string of the molecule is FC(F)(F)c1c2c3ccccc3c2c(C(F)(F)F)c2c3ccccc3c12. The lowest BCUT2D eigenvalue weighted by molar-refractivity contribution is -0.137. The zero-order valence-electron chi connectivity index (χ0n) is 12.9. The summed E-state index contributed by atoms with van der Waals surface area (Å²) in [6.45, 7) is 0. The lowest BCUT2D eigenvalue weighted by Crippen LogP contribution is -2.16. The molecular formula is C20H8F6. The minimum atomic E-state index is -4.75. The monoisotopic (exact) mass is 362 g/mol. The van der Waals surface area contributed by atoms with E-state index in [1.165, 1.54) is 48.5 Å². The first-order chi connectivity index (χ1) is 12.2. The normalized spacial score (nSPS) is 13.8.